The number of anilines is 2. The van der Waals surface area contributed by atoms with E-state index in [1.54, 1.807) is 59.1 Å². The molecule has 0 unspecified atom stereocenters. The molecule has 0 bridgehead atoms. The van der Waals surface area contributed by atoms with Crippen LogP contribution in [0.4, 0.5) is 20.6 Å². The molecule has 0 atom stereocenters. The Morgan fingerprint density at radius 1 is 1.12 bits per heavy atom. The summed E-state index contributed by atoms with van der Waals surface area (Å²) in [6, 6.07) is 14.7. The monoisotopic (exact) mass is 450 g/mol. The van der Waals surface area contributed by atoms with Gasteiger partial charge in [0, 0.05) is 41.4 Å². The Labute approximate surface area is 190 Å². The van der Waals surface area contributed by atoms with Gasteiger partial charge in [-0.15, -0.1) is 11.8 Å². The molecule has 2 aromatic carbocycles. The second-order valence-corrected chi connectivity index (χ2v) is 8.60. The fourth-order valence-corrected chi connectivity index (χ4v) is 4.67. The van der Waals surface area contributed by atoms with Gasteiger partial charge in [-0.05, 0) is 55.8 Å². The summed E-state index contributed by atoms with van der Waals surface area (Å²) < 4.78 is 13.7. The minimum Gasteiger partial charge on any atom is -0.348 e. The molecule has 1 aliphatic rings. The first kappa shape index (κ1) is 21.8. The van der Waals surface area contributed by atoms with Crippen LogP contribution in [0.15, 0.2) is 59.6 Å². The standard InChI is InChI=1S/C24H23FN4O2S/c1-15-13-16(2)27-23-21(15)29(11-12-32-23)24(31)28-19-9-7-17(8-10-19)22(30)26-14-18-5-3-4-6-20(18)25/h3-10,13H,11-12,14H2,1-2H3,(H,26,30)(H,28,31). The number of pyridine rings is 1. The van der Waals surface area contributed by atoms with Crippen LogP contribution in [0.5, 0.6) is 0 Å². The summed E-state index contributed by atoms with van der Waals surface area (Å²) in [5, 5.41) is 6.47. The van der Waals surface area contributed by atoms with Crippen molar-refractivity contribution < 1.29 is 14.0 Å². The third-order valence-corrected chi connectivity index (χ3v) is 6.09. The van der Waals surface area contributed by atoms with Crippen LogP contribution >= 0.6 is 11.8 Å². The molecule has 8 heteroatoms. The molecular weight excluding hydrogens is 427 g/mol. The zero-order valence-corrected chi connectivity index (χ0v) is 18.6. The molecule has 2 N–H and O–H groups in total. The van der Waals surface area contributed by atoms with Crippen LogP contribution in [-0.4, -0.2) is 29.2 Å². The van der Waals surface area contributed by atoms with Gasteiger partial charge in [-0.3, -0.25) is 9.69 Å². The molecule has 0 fully saturated rings. The van der Waals surface area contributed by atoms with Gasteiger partial charge < -0.3 is 10.6 Å². The van der Waals surface area contributed by atoms with E-state index in [-0.39, 0.29) is 24.3 Å². The number of thioether (sulfide) groups is 1. The summed E-state index contributed by atoms with van der Waals surface area (Å²) in [5.41, 5.74) is 4.21. The predicted octanol–water partition coefficient (Wildman–Crippen LogP) is 4.91. The zero-order chi connectivity index (χ0) is 22.7. The van der Waals surface area contributed by atoms with Gasteiger partial charge in [0.25, 0.3) is 5.91 Å². The van der Waals surface area contributed by atoms with Crippen LogP contribution in [0.2, 0.25) is 0 Å². The van der Waals surface area contributed by atoms with Crippen LogP contribution in [0, 0.1) is 19.7 Å². The summed E-state index contributed by atoms with van der Waals surface area (Å²) in [5.74, 6) is 0.103. The van der Waals surface area contributed by atoms with Gasteiger partial charge in [0.15, 0.2) is 0 Å². The van der Waals surface area contributed by atoms with Crippen molar-refractivity contribution >= 4 is 35.1 Å². The Morgan fingerprint density at radius 3 is 2.62 bits per heavy atom. The fraction of sp³-hybridized carbons (Fsp3) is 0.208. The second kappa shape index (κ2) is 9.40. The van der Waals surface area contributed by atoms with Gasteiger partial charge in [-0.1, -0.05) is 18.2 Å². The molecule has 6 nitrogen and oxygen atoms in total. The molecule has 32 heavy (non-hydrogen) atoms. The lowest BCUT2D eigenvalue weighted by molar-refractivity contribution is 0.0950. The van der Waals surface area contributed by atoms with E-state index >= 15 is 0 Å². The van der Waals surface area contributed by atoms with E-state index < -0.39 is 0 Å². The lowest BCUT2D eigenvalue weighted by Gasteiger charge is -2.30. The quantitative estimate of drug-likeness (QED) is 0.592. The van der Waals surface area contributed by atoms with Gasteiger partial charge in [0.05, 0.1) is 5.69 Å². The molecule has 4 rings (SSSR count). The maximum absolute atomic E-state index is 13.7. The number of fused-ring (bicyclic) bond motifs is 1. The molecular formula is C24H23FN4O2S. The van der Waals surface area contributed by atoms with E-state index in [9.17, 15) is 14.0 Å². The zero-order valence-electron chi connectivity index (χ0n) is 17.8. The van der Waals surface area contributed by atoms with E-state index in [1.165, 1.54) is 6.07 Å². The van der Waals surface area contributed by atoms with Crippen molar-refractivity contribution in [1.82, 2.24) is 10.3 Å². The summed E-state index contributed by atoms with van der Waals surface area (Å²) in [6.07, 6.45) is 0. The van der Waals surface area contributed by atoms with E-state index in [4.69, 9.17) is 0 Å². The topological polar surface area (TPSA) is 74.3 Å². The molecule has 0 saturated carbocycles. The van der Waals surface area contributed by atoms with Crippen LogP contribution in [0.1, 0.15) is 27.2 Å². The van der Waals surface area contributed by atoms with Crippen molar-refractivity contribution in [2.24, 2.45) is 0 Å². The molecule has 3 amide bonds. The number of aryl methyl sites for hydroxylation is 2. The van der Waals surface area contributed by atoms with Gasteiger partial charge in [0.1, 0.15) is 10.8 Å². The summed E-state index contributed by atoms with van der Waals surface area (Å²) in [4.78, 5) is 31.6. The smallest absolute Gasteiger partial charge is 0.326 e. The van der Waals surface area contributed by atoms with E-state index in [1.807, 2.05) is 19.9 Å². The summed E-state index contributed by atoms with van der Waals surface area (Å²) in [7, 11) is 0. The maximum atomic E-state index is 13.7. The highest BCUT2D eigenvalue weighted by Crippen LogP contribution is 2.36. The Morgan fingerprint density at radius 2 is 1.88 bits per heavy atom. The number of nitrogens with zero attached hydrogens (tertiary/aromatic N) is 2. The third kappa shape index (κ3) is 4.75. The van der Waals surface area contributed by atoms with Gasteiger partial charge in [0.2, 0.25) is 0 Å². The average molecular weight is 451 g/mol. The number of benzene rings is 2. The molecule has 0 saturated heterocycles. The highest BCUT2D eigenvalue weighted by Gasteiger charge is 2.26. The molecule has 0 radical (unpaired) electrons. The summed E-state index contributed by atoms with van der Waals surface area (Å²) in [6.45, 7) is 4.62. The number of carbonyl (C=O) groups excluding carboxylic acids is 2. The first-order valence-electron chi connectivity index (χ1n) is 10.2. The fourth-order valence-electron chi connectivity index (χ4n) is 3.59. The largest absolute Gasteiger partial charge is 0.348 e. The maximum Gasteiger partial charge on any atom is 0.326 e. The van der Waals surface area contributed by atoms with Crippen molar-refractivity contribution in [3.63, 3.8) is 0 Å². The third-order valence-electron chi connectivity index (χ3n) is 5.14. The number of halogens is 1. The number of rotatable bonds is 4. The van der Waals surface area contributed by atoms with Crippen molar-refractivity contribution in [3.05, 3.63) is 82.8 Å². The Hall–Kier alpha value is -3.39. The Bertz CT molecular complexity index is 1170. The van der Waals surface area contributed by atoms with E-state index in [0.29, 0.717) is 23.4 Å². The summed E-state index contributed by atoms with van der Waals surface area (Å²) >= 11 is 1.65. The number of urea groups is 1. The van der Waals surface area contributed by atoms with Crippen molar-refractivity contribution in [1.29, 1.82) is 0 Å². The normalized spacial score (nSPS) is 12.8. The highest BCUT2D eigenvalue weighted by molar-refractivity contribution is 7.99. The number of aromatic nitrogens is 1. The molecule has 164 valence electrons. The minimum absolute atomic E-state index is 0.100. The van der Waals surface area contributed by atoms with Gasteiger partial charge in [-0.25, -0.2) is 14.2 Å². The van der Waals surface area contributed by atoms with E-state index in [0.717, 1.165) is 27.7 Å². The van der Waals surface area contributed by atoms with Crippen LogP contribution in [0.3, 0.4) is 0 Å². The van der Waals surface area contributed by atoms with Gasteiger partial charge in [-0.2, -0.15) is 0 Å². The van der Waals surface area contributed by atoms with Crippen molar-refractivity contribution in [3.8, 4) is 0 Å². The second-order valence-electron chi connectivity index (χ2n) is 7.52. The Balaban J connectivity index is 1.41. The van der Waals surface area contributed by atoms with Crippen LogP contribution in [-0.2, 0) is 6.54 Å². The average Bonchev–Trinajstić information content (AvgIpc) is 2.78. The number of amides is 3. The molecule has 1 aliphatic heterocycles. The molecule has 1 aromatic heterocycles. The first-order valence-corrected chi connectivity index (χ1v) is 11.2. The van der Waals surface area contributed by atoms with Gasteiger partial charge >= 0.3 is 6.03 Å². The predicted molar refractivity (Wildman–Crippen MR) is 125 cm³/mol. The Kier molecular flexibility index (Phi) is 6.41. The number of carbonyl (C=O) groups is 2. The van der Waals surface area contributed by atoms with E-state index in [2.05, 4.69) is 15.6 Å². The highest BCUT2D eigenvalue weighted by atomic mass is 32.2. The molecule has 0 aliphatic carbocycles. The molecule has 2 heterocycles. The lowest BCUT2D eigenvalue weighted by Crippen LogP contribution is -2.39. The SMILES string of the molecule is Cc1cc(C)c2c(n1)SCCN2C(=O)Nc1ccc(C(=O)NCc2ccccc2F)cc1. The number of hydrogen-bond donors (Lipinski definition) is 2. The van der Waals surface area contributed by atoms with Crippen LogP contribution in [0.25, 0.3) is 0 Å². The minimum atomic E-state index is -0.357. The lowest BCUT2D eigenvalue weighted by atomic mass is 10.1. The first-order chi connectivity index (χ1) is 15.4. The van der Waals surface area contributed by atoms with Crippen molar-refractivity contribution in [2.75, 3.05) is 22.5 Å². The number of nitrogens with one attached hydrogen (secondary N) is 2. The number of hydrogen-bond acceptors (Lipinski definition) is 4. The molecule has 0 spiro atoms. The van der Waals surface area contributed by atoms with Crippen LogP contribution < -0.4 is 15.5 Å². The van der Waals surface area contributed by atoms with Crippen molar-refractivity contribution in [2.45, 2.75) is 25.4 Å². The molecule has 3 aromatic rings.